The molecule has 0 bridgehead atoms. The van der Waals surface area contributed by atoms with E-state index in [1.165, 1.54) is 0 Å². The van der Waals surface area contributed by atoms with Crippen molar-refractivity contribution in [2.75, 3.05) is 31.1 Å². The molecule has 4 rings (SSSR count). The molecule has 0 saturated carbocycles. The SMILES string of the molecule is C=CCc1cccc(CN2CCN(c3ccc4oc(C(=O)O)cc4c3Br)CC2)c1O. The van der Waals surface area contributed by atoms with Crippen LogP contribution in [0, 0.1) is 0 Å². The number of para-hydroxylation sites is 1. The Balaban J connectivity index is 1.46. The van der Waals surface area contributed by atoms with Crippen molar-refractivity contribution in [1.29, 1.82) is 0 Å². The number of anilines is 1. The molecule has 156 valence electrons. The zero-order valence-electron chi connectivity index (χ0n) is 16.5. The van der Waals surface area contributed by atoms with Crippen molar-refractivity contribution in [2.24, 2.45) is 0 Å². The van der Waals surface area contributed by atoms with Crippen molar-refractivity contribution in [3.63, 3.8) is 0 Å². The van der Waals surface area contributed by atoms with E-state index in [4.69, 9.17) is 9.52 Å². The molecule has 0 atom stereocenters. The topological polar surface area (TPSA) is 77.2 Å². The number of carboxylic acid groups (broad SMARTS) is 1. The Labute approximate surface area is 183 Å². The lowest BCUT2D eigenvalue weighted by Crippen LogP contribution is -2.46. The molecule has 1 aliphatic heterocycles. The van der Waals surface area contributed by atoms with E-state index in [2.05, 4.69) is 32.3 Å². The van der Waals surface area contributed by atoms with Gasteiger partial charge in [0.15, 0.2) is 0 Å². The molecule has 3 aromatic rings. The minimum absolute atomic E-state index is 0.0637. The van der Waals surface area contributed by atoms with Gasteiger partial charge in [0.25, 0.3) is 0 Å². The Morgan fingerprint density at radius 2 is 1.90 bits per heavy atom. The zero-order valence-corrected chi connectivity index (χ0v) is 18.1. The van der Waals surface area contributed by atoms with Crippen LogP contribution in [0.3, 0.4) is 0 Å². The monoisotopic (exact) mass is 470 g/mol. The summed E-state index contributed by atoms with van der Waals surface area (Å²) in [5, 5.41) is 20.4. The number of phenolic OH excluding ortho intramolecular Hbond substituents is 1. The van der Waals surface area contributed by atoms with Crippen molar-refractivity contribution in [1.82, 2.24) is 4.90 Å². The predicted octanol–water partition coefficient (Wildman–Crippen LogP) is 4.65. The van der Waals surface area contributed by atoms with Crippen LogP contribution in [0.1, 0.15) is 21.7 Å². The maximum atomic E-state index is 11.2. The van der Waals surface area contributed by atoms with Gasteiger partial charge in [0.05, 0.1) is 10.2 Å². The summed E-state index contributed by atoms with van der Waals surface area (Å²) in [6, 6.07) is 11.2. The summed E-state index contributed by atoms with van der Waals surface area (Å²) in [7, 11) is 0. The highest BCUT2D eigenvalue weighted by Gasteiger charge is 2.22. The van der Waals surface area contributed by atoms with E-state index in [1.54, 1.807) is 12.1 Å². The fraction of sp³-hybridized carbons (Fsp3) is 0.261. The molecule has 0 amide bonds. The lowest BCUT2D eigenvalue weighted by molar-refractivity contribution is 0.0665. The Kier molecular flexibility index (Phi) is 5.83. The summed E-state index contributed by atoms with van der Waals surface area (Å²) in [5.41, 5.74) is 3.41. The third-order valence-corrected chi connectivity index (χ3v) is 6.33. The number of carboxylic acids is 1. The molecule has 30 heavy (non-hydrogen) atoms. The number of halogens is 1. The number of rotatable bonds is 6. The van der Waals surface area contributed by atoms with E-state index >= 15 is 0 Å². The van der Waals surface area contributed by atoms with Crippen LogP contribution >= 0.6 is 15.9 Å². The van der Waals surface area contributed by atoms with E-state index < -0.39 is 5.97 Å². The van der Waals surface area contributed by atoms with Gasteiger partial charge in [0.2, 0.25) is 5.76 Å². The zero-order chi connectivity index (χ0) is 21.3. The number of hydrogen-bond donors (Lipinski definition) is 2. The van der Waals surface area contributed by atoms with Crippen LogP contribution in [0.25, 0.3) is 11.0 Å². The van der Waals surface area contributed by atoms with Gasteiger partial charge in [-0.25, -0.2) is 4.79 Å². The van der Waals surface area contributed by atoms with Crippen molar-refractivity contribution < 1.29 is 19.4 Å². The normalized spacial score (nSPS) is 14.9. The number of allylic oxidation sites excluding steroid dienone is 1. The summed E-state index contributed by atoms with van der Waals surface area (Å²) in [6.45, 7) is 7.85. The van der Waals surface area contributed by atoms with Gasteiger partial charge in [-0.2, -0.15) is 0 Å². The number of piperazine rings is 1. The number of fused-ring (bicyclic) bond motifs is 1. The molecule has 0 aliphatic carbocycles. The maximum absolute atomic E-state index is 11.2. The smallest absolute Gasteiger partial charge is 0.371 e. The number of benzene rings is 2. The third-order valence-electron chi connectivity index (χ3n) is 5.50. The second-order valence-corrected chi connectivity index (χ2v) is 8.20. The number of furan rings is 1. The van der Waals surface area contributed by atoms with Crippen molar-refractivity contribution >= 4 is 38.6 Å². The van der Waals surface area contributed by atoms with Crippen molar-refractivity contribution in [3.05, 3.63) is 70.4 Å². The highest BCUT2D eigenvalue weighted by molar-refractivity contribution is 9.10. The molecule has 1 aromatic heterocycles. The maximum Gasteiger partial charge on any atom is 0.371 e. The second-order valence-electron chi connectivity index (χ2n) is 7.41. The molecule has 1 fully saturated rings. The first-order valence-corrected chi connectivity index (χ1v) is 10.6. The van der Waals surface area contributed by atoms with E-state index in [0.29, 0.717) is 24.3 Å². The van der Waals surface area contributed by atoms with Crippen LogP contribution in [0.4, 0.5) is 5.69 Å². The van der Waals surface area contributed by atoms with E-state index in [9.17, 15) is 9.90 Å². The lowest BCUT2D eigenvalue weighted by atomic mass is 10.1. The highest BCUT2D eigenvalue weighted by Crippen LogP contribution is 2.36. The predicted molar refractivity (Wildman–Crippen MR) is 120 cm³/mol. The van der Waals surface area contributed by atoms with Gasteiger partial charge in [-0.1, -0.05) is 24.3 Å². The van der Waals surface area contributed by atoms with Crippen LogP contribution in [-0.4, -0.2) is 47.3 Å². The molecule has 2 aromatic carbocycles. The number of aromatic hydroxyl groups is 1. The average Bonchev–Trinajstić information content (AvgIpc) is 3.18. The second kappa shape index (κ2) is 8.53. The van der Waals surface area contributed by atoms with Gasteiger partial charge in [0.1, 0.15) is 11.3 Å². The third kappa shape index (κ3) is 3.95. The number of hydrogen-bond acceptors (Lipinski definition) is 5. The average molecular weight is 471 g/mol. The van der Waals surface area contributed by atoms with Gasteiger partial charge in [-0.15, -0.1) is 6.58 Å². The number of nitrogens with zero attached hydrogens (tertiary/aromatic N) is 2. The fourth-order valence-corrected chi connectivity index (χ4v) is 4.59. The molecule has 6 nitrogen and oxygen atoms in total. The minimum atomic E-state index is -1.08. The molecule has 1 saturated heterocycles. The fourth-order valence-electron chi connectivity index (χ4n) is 3.90. The molecular formula is C23H23BrN2O4. The molecule has 0 unspecified atom stereocenters. The molecular weight excluding hydrogens is 448 g/mol. The summed E-state index contributed by atoms with van der Waals surface area (Å²) in [4.78, 5) is 15.8. The largest absolute Gasteiger partial charge is 0.507 e. The summed E-state index contributed by atoms with van der Waals surface area (Å²) in [5.74, 6) is -0.776. The first-order valence-electron chi connectivity index (χ1n) is 9.81. The number of aromatic carboxylic acids is 1. The van der Waals surface area contributed by atoms with Crippen molar-refractivity contribution in [2.45, 2.75) is 13.0 Å². The van der Waals surface area contributed by atoms with Gasteiger partial charge in [-0.3, -0.25) is 4.90 Å². The van der Waals surface area contributed by atoms with Gasteiger partial charge in [0, 0.05) is 49.7 Å². The van der Waals surface area contributed by atoms with Crippen LogP contribution < -0.4 is 4.90 Å². The van der Waals surface area contributed by atoms with E-state index in [1.807, 2.05) is 30.3 Å². The van der Waals surface area contributed by atoms with E-state index in [-0.39, 0.29) is 5.76 Å². The molecule has 0 radical (unpaired) electrons. The Hall–Kier alpha value is -2.77. The molecule has 2 N–H and O–H groups in total. The Morgan fingerprint density at radius 3 is 2.60 bits per heavy atom. The molecule has 0 spiro atoms. The van der Waals surface area contributed by atoms with Crippen LogP contribution in [-0.2, 0) is 13.0 Å². The summed E-state index contributed by atoms with van der Waals surface area (Å²) < 4.78 is 6.23. The molecule has 1 aliphatic rings. The summed E-state index contributed by atoms with van der Waals surface area (Å²) in [6.07, 6.45) is 2.45. The van der Waals surface area contributed by atoms with Crippen molar-refractivity contribution in [3.8, 4) is 5.75 Å². The molecule has 7 heteroatoms. The van der Waals surface area contributed by atoms with Crippen LogP contribution in [0.2, 0.25) is 0 Å². The first-order chi connectivity index (χ1) is 14.5. The highest BCUT2D eigenvalue weighted by atomic mass is 79.9. The quantitative estimate of drug-likeness (QED) is 0.510. The Morgan fingerprint density at radius 1 is 1.17 bits per heavy atom. The lowest BCUT2D eigenvalue weighted by Gasteiger charge is -2.36. The first kappa shape index (κ1) is 20.5. The number of phenols is 1. The standard InChI is InChI=1S/C23H23BrN2O4/c1-2-4-15-5-3-6-16(22(15)27)14-25-9-11-26(12-10-25)18-7-8-19-17(21(18)24)13-20(30-19)23(28)29/h2-3,5-8,13,27H,1,4,9-12,14H2,(H,28,29). The minimum Gasteiger partial charge on any atom is -0.507 e. The van der Waals surface area contributed by atoms with Gasteiger partial charge in [-0.05, 0) is 40.0 Å². The number of carbonyl (C=O) groups is 1. The van der Waals surface area contributed by atoms with Crippen LogP contribution in [0.15, 0.2) is 57.9 Å². The Bertz CT molecular complexity index is 1100. The van der Waals surface area contributed by atoms with Gasteiger partial charge >= 0.3 is 5.97 Å². The van der Waals surface area contributed by atoms with Gasteiger partial charge < -0.3 is 19.5 Å². The van der Waals surface area contributed by atoms with E-state index in [0.717, 1.165) is 52.9 Å². The molecule has 2 heterocycles. The van der Waals surface area contributed by atoms with Crippen LogP contribution in [0.5, 0.6) is 5.75 Å². The summed E-state index contributed by atoms with van der Waals surface area (Å²) >= 11 is 3.63.